The van der Waals surface area contributed by atoms with Crippen LogP contribution in [0, 0.1) is 0 Å². The molecule has 0 saturated carbocycles. The molecular weight excluding hydrogens is 397 g/mol. The average Bonchev–Trinajstić information content (AvgIpc) is 3.25. The van der Waals surface area contributed by atoms with Gasteiger partial charge in [-0.15, -0.1) is 5.10 Å². The first-order chi connectivity index (χ1) is 15.4. The van der Waals surface area contributed by atoms with E-state index in [1.54, 1.807) is 0 Å². The lowest BCUT2D eigenvalue weighted by molar-refractivity contribution is 0.656. The Morgan fingerprint density at radius 3 is 1.61 bits per heavy atom. The molecule has 0 saturated heterocycles. The summed E-state index contributed by atoms with van der Waals surface area (Å²) in [5, 5.41) is 12.0. The third kappa shape index (κ3) is 4.19. The van der Waals surface area contributed by atoms with E-state index < -0.39 is 7.92 Å². The molecule has 5 aromatic rings. The minimum absolute atomic E-state index is 0.685. The lowest BCUT2D eigenvalue weighted by Crippen LogP contribution is -2.23. The molecule has 0 fully saturated rings. The van der Waals surface area contributed by atoms with Crippen LogP contribution in [0.5, 0.6) is 0 Å². The van der Waals surface area contributed by atoms with Crippen molar-refractivity contribution in [1.82, 2.24) is 15.0 Å². The van der Waals surface area contributed by atoms with E-state index in [4.69, 9.17) is 5.10 Å². The molecule has 0 aliphatic rings. The van der Waals surface area contributed by atoms with E-state index in [-0.39, 0.29) is 0 Å². The first kappa shape index (κ1) is 19.4. The predicted molar refractivity (Wildman–Crippen MR) is 130 cm³/mol. The summed E-state index contributed by atoms with van der Waals surface area (Å²) in [5.41, 5.74) is 4.47. The Balaban J connectivity index is 1.70. The molecule has 3 nitrogen and oxygen atoms in total. The zero-order valence-corrected chi connectivity index (χ0v) is 17.9. The van der Waals surface area contributed by atoms with Gasteiger partial charge in [-0.3, -0.25) is 0 Å². The maximum absolute atomic E-state index is 4.78. The molecule has 4 aromatic carbocycles. The fourth-order valence-corrected chi connectivity index (χ4v) is 6.06. The van der Waals surface area contributed by atoms with Gasteiger partial charge in [-0.1, -0.05) is 127 Å². The minimum Gasteiger partial charge on any atom is -0.240 e. The van der Waals surface area contributed by atoms with Crippen LogP contribution in [0.3, 0.4) is 0 Å². The van der Waals surface area contributed by atoms with Crippen molar-refractivity contribution in [3.63, 3.8) is 0 Å². The Morgan fingerprint density at radius 1 is 0.581 bits per heavy atom. The SMILES string of the molecule is c1ccc(Cn2nnc(P(c3ccccc3)c3ccccc3)c2-c2ccccc2)cc1. The van der Waals surface area contributed by atoms with Crippen LogP contribution in [-0.2, 0) is 6.54 Å². The number of rotatable bonds is 6. The lowest BCUT2D eigenvalue weighted by Gasteiger charge is -2.18. The van der Waals surface area contributed by atoms with Crippen LogP contribution in [0.2, 0.25) is 0 Å². The second-order valence-corrected chi connectivity index (χ2v) is 9.40. The Kier molecular flexibility index (Phi) is 5.68. The fraction of sp³-hybridized carbons (Fsp3) is 0.0370. The quantitative estimate of drug-likeness (QED) is 0.372. The van der Waals surface area contributed by atoms with Gasteiger partial charge in [0.15, 0.2) is 0 Å². The number of hydrogen-bond acceptors (Lipinski definition) is 2. The van der Waals surface area contributed by atoms with Crippen LogP contribution in [0.25, 0.3) is 11.3 Å². The van der Waals surface area contributed by atoms with Gasteiger partial charge in [0.05, 0.1) is 12.2 Å². The summed E-state index contributed by atoms with van der Waals surface area (Å²) in [4.78, 5) is 0. The Labute approximate surface area is 183 Å². The monoisotopic (exact) mass is 419 g/mol. The smallest absolute Gasteiger partial charge is 0.122 e. The molecule has 0 spiro atoms. The lowest BCUT2D eigenvalue weighted by atomic mass is 10.1. The van der Waals surface area contributed by atoms with Crippen molar-refractivity contribution in [2.24, 2.45) is 0 Å². The zero-order chi connectivity index (χ0) is 20.9. The van der Waals surface area contributed by atoms with E-state index in [9.17, 15) is 0 Å². The van der Waals surface area contributed by atoms with Crippen LogP contribution < -0.4 is 16.0 Å². The van der Waals surface area contributed by atoms with Gasteiger partial charge in [0, 0.05) is 13.5 Å². The second-order valence-electron chi connectivity index (χ2n) is 7.28. The molecule has 5 rings (SSSR count). The summed E-state index contributed by atoms with van der Waals surface area (Å²) < 4.78 is 2.04. The van der Waals surface area contributed by atoms with E-state index in [2.05, 4.69) is 114 Å². The molecule has 0 radical (unpaired) electrons. The molecule has 0 unspecified atom stereocenters. The molecule has 0 atom stereocenters. The van der Waals surface area contributed by atoms with E-state index in [0.29, 0.717) is 6.54 Å². The first-order valence-electron chi connectivity index (χ1n) is 10.3. The van der Waals surface area contributed by atoms with Gasteiger partial charge in [0.25, 0.3) is 0 Å². The van der Waals surface area contributed by atoms with Crippen molar-refractivity contribution >= 4 is 24.0 Å². The van der Waals surface area contributed by atoms with Crippen LogP contribution in [0.15, 0.2) is 121 Å². The van der Waals surface area contributed by atoms with Crippen molar-refractivity contribution < 1.29 is 0 Å². The summed E-state index contributed by atoms with van der Waals surface area (Å²) in [7, 11) is -0.839. The van der Waals surface area contributed by atoms with E-state index in [1.807, 2.05) is 16.8 Å². The number of aromatic nitrogens is 3. The van der Waals surface area contributed by atoms with Gasteiger partial charge in [-0.25, -0.2) is 4.68 Å². The number of hydrogen-bond donors (Lipinski definition) is 0. The average molecular weight is 419 g/mol. The fourth-order valence-electron chi connectivity index (χ4n) is 3.74. The van der Waals surface area contributed by atoms with Crippen molar-refractivity contribution in [1.29, 1.82) is 0 Å². The third-order valence-electron chi connectivity index (χ3n) is 5.18. The zero-order valence-electron chi connectivity index (χ0n) is 17.0. The standard InChI is InChI=1S/C27H22N3P/c1-5-13-22(14-6-1)21-30-26(23-15-7-2-8-16-23)27(28-29-30)31(24-17-9-3-10-18-24)25-19-11-4-12-20-25/h1-20H,21H2. The molecule has 150 valence electrons. The van der Waals surface area contributed by atoms with Crippen molar-refractivity contribution in [2.75, 3.05) is 0 Å². The third-order valence-corrected chi connectivity index (χ3v) is 7.53. The highest BCUT2D eigenvalue weighted by molar-refractivity contribution is 7.79. The first-order valence-corrected chi connectivity index (χ1v) is 11.7. The molecular formula is C27H22N3P. The highest BCUT2D eigenvalue weighted by Gasteiger charge is 2.26. The summed E-state index contributed by atoms with van der Waals surface area (Å²) >= 11 is 0. The van der Waals surface area contributed by atoms with Crippen molar-refractivity contribution in [3.8, 4) is 11.3 Å². The van der Waals surface area contributed by atoms with Crippen LogP contribution in [0.1, 0.15) is 5.56 Å². The van der Waals surface area contributed by atoms with Gasteiger partial charge in [-0.05, 0) is 16.2 Å². The summed E-state index contributed by atoms with van der Waals surface area (Å²) in [5.74, 6) is 0. The molecule has 1 heterocycles. The second kappa shape index (κ2) is 9.07. The van der Waals surface area contributed by atoms with E-state index in [1.165, 1.54) is 16.2 Å². The topological polar surface area (TPSA) is 30.7 Å². The van der Waals surface area contributed by atoms with Crippen molar-refractivity contribution in [2.45, 2.75) is 6.54 Å². The number of nitrogens with zero attached hydrogens (tertiary/aromatic N) is 3. The maximum Gasteiger partial charge on any atom is 0.122 e. The molecule has 4 heteroatoms. The summed E-state index contributed by atoms with van der Waals surface area (Å²) in [6.07, 6.45) is 0. The Hall–Kier alpha value is -3.55. The van der Waals surface area contributed by atoms with Gasteiger partial charge in [0.2, 0.25) is 0 Å². The molecule has 1 aromatic heterocycles. The summed E-state index contributed by atoms with van der Waals surface area (Å²) in [6, 6.07) is 42.2. The largest absolute Gasteiger partial charge is 0.240 e. The van der Waals surface area contributed by atoms with Gasteiger partial charge in [-0.2, -0.15) is 0 Å². The Bertz CT molecular complexity index is 1200. The van der Waals surface area contributed by atoms with Crippen LogP contribution >= 0.6 is 7.92 Å². The Morgan fingerprint density at radius 2 is 1.06 bits per heavy atom. The predicted octanol–water partition coefficient (Wildman–Crippen LogP) is 4.75. The minimum atomic E-state index is -0.839. The van der Waals surface area contributed by atoms with Gasteiger partial charge >= 0.3 is 0 Å². The van der Waals surface area contributed by atoms with E-state index >= 15 is 0 Å². The molecule has 0 bridgehead atoms. The molecule has 0 aliphatic heterocycles. The van der Waals surface area contributed by atoms with Gasteiger partial charge < -0.3 is 0 Å². The van der Waals surface area contributed by atoms with Crippen molar-refractivity contribution in [3.05, 3.63) is 127 Å². The van der Waals surface area contributed by atoms with Gasteiger partial charge in [0.1, 0.15) is 5.44 Å². The van der Waals surface area contributed by atoms with Crippen LogP contribution in [-0.4, -0.2) is 15.0 Å². The maximum atomic E-state index is 4.78. The normalized spacial score (nSPS) is 11.0. The molecule has 0 aliphatic carbocycles. The molecule has 0 N–H and O–H groups in total. The van der Waals surface area contributed by atoms with Crippen LogP contribution in [0.4, 0.5) is 0 Å². The summed E-state index contributed by atoms with van der Waals surface area (Å²) in [6.45, 7) is 0.685. The molecule has 31 heavy (non-hydrogen) atoms. The highest BCUT2D eigenvalue weighted by Crippen LogP contribution is 2.36. The van der Waals surface area contributed by atoms with E-state index in [0.717, 1.165) is 16.7 Å². The number of benzene rings is 4. The molecule has 0 amide bonds. The highest BCUT2D eigenvalue weighted by atomic mass is 31.1.